The van der Waals surface area contributed by atoms with E-state index in [1.807, 2.05) is 6.07 Å². The molecule has 4 rings (SSSR count). The third kappa shape index (κ3) is 2.19. The molecule has 0 radical (unpaired) electrons. The predicted octanol–water partition coefficient (Wildman–Crippen LogP) is 2.67. The Morgan fingerprint density at radius 1 is 1.36 bits per heavy atom. The van der Waals surface area contributed by atoms with E-state index in [0.717, 1.165) is 36.2 Å². The smallest absolute Gasteiger partial charge is 0.259 e. The second kappa shape index (κ2) is 5.34. The fourth-order valence-electron chi connectivity index (χ4n) is 2.83. The molecule has 7 heteroatoms. The molecule has 0 unspecified atom stereocenters. The van der Waals surface area contributed by atoms with Crippen LogP contribution in [0.1, 0.15) is 28.0 Å². The number of H-pyrrole nitrogens is 1. The number of pyridine rings is 1. The van der Waals surface area contributed by atoms with Crippen molar-refractivity contribution >= 4 is 22.4 Å². The molecule has 3 aromatic heterocycles. The first-order valence-electron chi connectivity index (χ1n) is 7.05. The van der Waals surface area contributed by atoms with E-state index in [4.69, 9.17) is 0 Å². The maximum absolute atomic E-state index is 12.5. The van der Waals surface area contributed by atoms with Gasteiger partial charge >= 0.3 is 0 Å². The van der Waals surface area contributed by atoms with Gasteiger partial charge in [0.1, 0.15) is 5.51 Å². The van der Waals surface area contributed by atoms with Crippen LogP contribution >= 0.6 is 11.3 Å². The third-order valence-corrected chi connectivity index (χ3v) is 4.39. The third-order valence-electron chi connectivity index (χ3n) is 3.79. The predicted molar refractivity (Wildman–Crippen MR) is 83.9 cm³/mol. The van der Waals surface area contributed by atoms with Crippen LogP contribution in [0, 0.1) is 0 Å². The van der Waals surface area contributed by atoms with Crippen molar-refractivity contribution in [3.8, 4) is 11.3 Å². The van der Waals surface area contributed by atoms with Crippen LogP contribution in [0.5, 0.6) is 0 Å². The minimum Gasteiger partial charge on any atom is -0.364 e. The number of nitrogens with zero attached hydrogens (tertiary/aromatic N) is 3. The zero-order chi connectivity index (χ0) is 14.9. The average molecular weight is 311 g/mol. The van der Waals surface area contributed by atoms with Crippen molar-refractivity contribution in [1.82, 2.24) is 20.2 Å². The van der Waals surface area contributed by atoms with Gasteiger partial charge in [0.2, 0.25) is 5.13 Å². The minimum atomic E-state index is -0.187. The van der Waals surface area contributed by atoms with Crippen LogP contribution in [0.3, 0.4) is 0 Å². The summed E-state index contributed by atoms with van der Waals surface area (Å²) < 4.78 is 0. The van der Waals surface area contributed by atoms with Crippen molar-refractivity contribution in [2.24, 2.45) is 0 Å². The number of aromatic amines is 1. The SMILES string of the molecule is O=C(Nc1nncs1)c1c[nH]c2c1-c1ncccc1CCC2. The number of hydrogen-bond acceptors (Lipinski definition) is 5. The van der Waals surface area contributed by atoms with E-state index in [0.29, 0.717) is 10.7 Å². The molecule has 0 saturated carbocycles. The summed E-state index contributed by atoms with van der Waals surface area (Å²) in [6, 6.07) is 4.02. The molecule has 0 saturated heterocycles. The second-order valence-corrected chi connectivity index (χ2v) is 5.95. The van der Waals surface area contributed by atoms with Gasteiger partial charge in [0, 0.05) is 23.7 Å². The molecule has 3 aromatic rings. The Morgan fingerprint density at radius 2 is 2.32 bits per heavy atom. The Bertz CT molecular complexity index is 824. The normalized spacial score (nSPS) is 13.1. The van der Waals surface area contributed by atoms with Gasteiger partial charge in [-0.25, -0.2) is 0 Å². The van der Waals surface area contributed by atoms with E-state index in [1.54, 1.807) is 17.9 Å². The lowest BCUT2D eigenvalue weighted by Gasteiger charge is -2.07. The van der Waals surface area contributed by atoms with Crippen molar-refractivity contribution in [3.63, 3.8) is 0 Å². The van der Waals surface area contributed by atoms with Crippen LogP contribution in [0.2, 0.25) is 0 Å². The van der Waals surface area contributed by atoms with Crippen molar-refractivity contribution in [1.29, 1.82) is 0 Å². The van der Waals surface area contributed by atoms with Crippen LogP contribution in [-0.2, 0) is 12.8 Å². The molecular formula is C15H13N5OS. The van der Waals surface area contributed by atoms with E-state index in [-0.39, 0.29) is 5.91 Å². The fourth-order valence-corrected chi connectivity index (χ4v) is 3.27. The molecule has 0 aromatic carbocycles. The fraction of sp³-hybridized carbons (Fsp3) is 0.200. The zero-order valence-corrected chi connectivity index (χ0v) is 12.5. The molecule has 0 aliphatic heterocycles. The number of rotatable bonds is 2. The van der Waals surface area contributed by atoms with Crippen LogP contribution in [-0.4, -0.2) is 26.1 Å². The average Bonchev–Trinajstić information content (AvgIpc) is 3.14. The van der Waals surface area contributed by atoms with E-state index in [2.05, 4.69) is 31.5 Å². The van der Waals surface area contributed by atoms with Crippen molar-refractivity contribution < 1.29 is 4.79 Å². The van der Waals surface area contributed by atoms with Crippen LogP contribution in [0.25, 0.3) is 11.3 Å². The molecule has 3 heterocycles. The van der Waals surface area contributed by atoms with Gasteiger partial charge in [-0.15, -0.1) is 10.2 Å². The van der Waals surface area contributed by atoms with Crippen molar-refractivity contribution in [2.45, 2.75) is 19.3 Å². The highest BCUT2D eigenvalue weighted by Gasteiger charge is 2.24. The maximum Gasteiger partial charge on any atom is 0.259 e. The van der Waals surface area contributed by atoms with Gasteiger partial charge in [0.15, 0.2) is 0 Å². The Labute approximate surface area is 130 Å². The number of aryl methyl sites for hydroxylation is 2. The highest BCUT2D eigenvalue weighted by atomic mass is 32.1. The standard InChI is InChI=1S/C15H13N5OS/c21-14(19-15-20-18-8-22-15)10-7-17-11-5-1-3-9-4-2-6-16-13(9)12(10)11/h2,4,6-8,17H,1,3,5H2,(H,19,20,21). The molecule has 1 aliphatic carbocycles. The molecule has 0 spiro atoms. The van der Waals surface area contributed by atoms with Crippen LogP contribution in [0.15, 0.2) is 30.0 Å². The highest BCUT2D eigenvalue weighted by Crippen LogP contribution is 2.33. The van der Waals surface area contributed by atoms with Gasteiger partial charge in [-0.3, -0.25) is 15.1 Å². The highest BCUT2D eigenvalue weighted by molar-refractivity contribution is 7.13. The summed E-state index contributed by atoms with van der Waals surface area (Å²) in [5.41, 5.74) is 6.26. The summed E-state index contributed by atoms with van der Waals surface area (Å²) in [5.74, 6) is -0.187. The van der Waals surface area contributed by atoms with E-state index < -0.39 is 0 Å². The lowest BCUT2D eigenvalue weighted by atomic mass is 10.0. The molecule has 2 N–H and O–H groups in total. The number of amides is 1. The summed E-state index contributed by atoms with van der Waals surface area (Å²) in [4.78, 5) is 20.3. The number of carbonyl (C=O) groups is 1. The monoisotopic (exact) mass is 311 g/mol. The van der Waals surface area contributed by atoms with E-state index in [1.165, 1.54) is 16.9 Å². The van der Waals surface area contributed by atoms with Gasteiger partial charge in [0.05, 0.1) is 11.3 Å². The first kappa shape index (κ1) is 13.1. The van der Waals surface area contributed by atoms with Gasteiger partial charge in [0.25, 0.3) is 5.91 Å². The molecule has 22 heavy (non-hydrogen) atoms. The summed E-state index contributed by atoms with van der Waals surface area (Å²) in [5, 5.41) is 10.9. The van der Waals surface area contributed by atoms with Crippen molar-refractivity contribution in [3.05, 3.63) is 46.9 Å². The van der Waals surface area contributed by atoms with Crippen LogP contribution < -0.4 is 5.32 Å². The number of hydrogen-bond donors (Lipinski definition) is 2. The molecule has 0 bridgehead atoms. The summed E-state index contributed by atoms with van der Waals surface area (Å²) in [7, 11) is 0. The first-order chi connectivity index (χ1) is 10.8. The number of fused-ring (bicyclic) bond motifs is 3. The first-order valence-corrected chi connectivity index (χ1v) is 7.93. The summed E-state index contributed by atoms with van der Waals surface area (Å²) >= 11 is 1.30. The van der Waals surface area contributed by atoms with Crippen molar-refractivity contribution in [2.75, 3.05) is 5.32 Å². The molecule has 110 valence electrons. The van der Waals surface area contributed by atoms with Gasteiger partial charge in [-0.1, -0.05) is 17.4 Å². The summed E-state index contributed by atoms with van der Waals surface area (Å²) in [6.45, 7) is 0. The largest absolute Gasteiger partial charge is 0.364 e. The Morgan fingerprint density at radius 3 is 3.18 bits per heavy atom. The lowest BCUT2D eigenvalue weighted by molar-refractivity contribution is 0.102. The summed E-state index contributed by atoms with van der Waals surface area (Å²) in [6.07, 6.45) is 6.46. The molecule has 6 nitrogen and oxygen atoms in total. The minimum absolute atomic E-state index is 0.187. The number of nitrogens with one attached hydrogen (secondary N) is 2. The number of anilines is 1. The number of aromatic nitrogens is 4. The maximum atomic E-state index is 12.5. The van der Waals surface area contributed by atoms with Gasteiger partial charge < -0.3 is 4.98 Å². The molecule has 0 fully saturated rings. The second-order valence-electron chi connectivity index (χ2n) is 5.12. The van der Waals surface area contributed by atoms with Gasteiger partial charge in [-0.2, -0.15) is 0 Å². The Balaban J connectivity index is 1.78. The van der Waals surface area contributed by atoms with E-state index in [9.17, 15) is 4.79 Å². The lowest BCUT2D eigenvalue weighted by Crippen LogP contribution is -2.12. The molecule has 1 amide bonds. The topological polar surface area (TPSA) is 83.6 Å². The van der Waals surface area contributed by atoms with E-state index >= 15 is 0 Å². The Hall–Kier alpha value is -2.54. The Kier molecular flexibility index (Phi) is 3.19. The quantitative estimate of drug-likeness (QED) is 0.762. The van der Waals surface area contributed by atoms with Gasteiger partial charge in [-0.05, 0) is 30.9 Å². The number of carbonyl (C=O) groups excluding carboxylic acids is 1. The zero-order valence-electron chi connectivity index (χ0n) is 11.7. The molecular weight excluding hydrogens is 298 g/mol. The molecule has 1 aliphatic rings. The van der Waals surface area contributed by atoms with Crippen LogP contribution in [0.4, 0.5) is 5.13 Å². The molecule has 0 atom stereocenters.